The minimum atomic E-state index is -2.50. The number of rotatable bonds is 15. The molecule has 0 spiro atoms. The zero-order valence-electron chi connectivity index (χ0n) is 20.1. The normalized spacial score (nSPS) is 18.2. The minimum absolute atomic E-state index is 0.143. The zero-order valence-corrected chi connectivity index (χ0v) is 23.0. The van der Waals surface area contributed by atoms with Gasteiger partial charge in [0.05, 0.1) is 0 Å². The van der Waals surface area contributed by atoms with Gasteiger partial charge in [0.25, 0.3) is 0 Å². The van der Waals surface area contributed by atoms with Crippen LogP contribution >= 0.6 is 0 Å². The first-order valence-electron chi connectivity index (χ1n) is 12.6. The van der Waals surface area contributed by atoms with E-state index in [1.165, 1.54) is 57.4 Å². The maximum atomic E-state index is 12.5. The number of ether oxygens (including phenoxy) is 1. The summed E-state index contributed by atoms with van der Waals surface area (Å²) in [5, 5.41) is 0. The van der Waals surface area contributed by atoms with Crippen LogP contribution in [-0.4, -0.2) is 36.7 Å². The Balaban J connectivity index is 3.23. The average Bonchev–Trinajstić information content (AvgIpc) is 2.74. The van der Waals surface area contributed by atoms with E-state index < -0.39 is 18.4 Å². The Hall–Kier alpha value is -0.581. The van der Waals surface area contributed by atoms with Crippen LogP contribution in [0.15, 0.2) is 21.8 Å². The monoisotopic (exact) mass is 526 g/mol. The first-order valence-corrected chi connectivity index (χ1v) is 20.3. The van der Waals surface area contributed by atoms with Crippen molar-refractivity contribution in [2.45, 2.75) is 112 Å². The van der Waals surface area contributed by atoms with Gasteiger partial charge in [-0.15, -0.1) is 0 Å². The molecule has 0 amide bonds. The van der Waals surface area contributed by atoms with Crippen LogP contribution in [0.5, 0.6) is 0 Å². The number of hydrogen-bond donors (Lipinski definition) is 0. The fourth-order valence-corrected chi connectivity index (χ4v) is 20.0. The second-order valence-corrected chi connectivity index (χ2v) is 22.0. The van der Waals surface area contributed by atoms with Crippen molar-refractivity contribution in [1.29, 1.82) is 0 Å². The van der Waals surface area contributed by atoms with E-state index in [0.717, 1.165) is 32.1 Å². The summed E-state index contributed by atoms with van der Waals surface area (Å²) >= 11 is -2.50. The van der Waals surface area contributed by atoms with Crippen LogP contribution in [-0.2, 0) is 14.3 Å². The summed E-state index contributed by atoms with van der Waals surface area (Å²) in [5.41, 5.74) is 1.25. The zero-order chi connectivity index (χ0) is 22.2. The summed E-state index contributed by atoms with van der Waals surface area (Å²) in [4.78, 5) is 24.5. The Labute approximate surface area is 190 Å². The van der Waals surface area contributed by atoms with Crippen molar-refractivity contribution >= 4 is 30.1 Å². The summed E-state index contributed by atoms with van der Waals surface area (Å²) in [7, 11) is 0. The van der Waals surface area contributed by atoms with Gasteiger partial charge < -0.3 is 0 Å². The molecule has 1 atom stereocenters. The molecule has 1 fully saturated rings. The molecule has 0 heterocycles. The molecule has 0 aromatic rings. The Morgan fingerprint density at radius 1 is 0.967 bits per heavy atom. The van der Waals surface area contributed by atoms with Gasteiger partial charge in [0, 0.05) is 0 Å². The topological polar surface area (TPSA) is 43.4 Å². The van der Waals surface area contributed by atoms with Gasteiger partial charge >= 0.3 is 190 Å². The van der Waals surface area contributed by atoms with Crippen molar-refractivity contribution < 1.29 is 14.3 Å². The molecule has 1 saturated carbocycles. The first kappa shape index (κ1) is 27.5. The number of carbonyl (C=O) groups is 2. The Morgan fingerprint density at radius 2 is 1.57 bits per heavy atom. The third-order valence-corrected chi connectivity index (χ3v) is 20.8. The molecule has 30 heavy (non-hydrogen) atoms. The Bertz CT molecular complexity index is 543. The second-order valence-electron chi connectivity index (χ2n) is 9.09. The summed E-state index contributed by atoms with van der Waals surface area (Å²) in [5.74, 6) is 0.298. The van der Waals surface area contributed by atoms with E-state index in [2.05, 4.69) is 24.9 Å². The van der Waals surface area contributed by atoms with Crippen LogP contribution in [0.3, 0.4) is 0 Å². The van der Waals surface area contributed by atoms with Crippen LogP contribution < -0.4 is 0 Å². The molecule has 1 rings (SSSR count). The molecular weight excluding hydrogens is 479 g/mol. The third kappa shape index (κ3) is 10.6. The molecule has 0 radical (unpaired) electrons. The van der Waals surface area contributed by atoms with E-state index in [4.69, 9.17) is 4.74 Å². The standard InChI is InChI=1S/C14H19O3.3C4H9.Sn/c1-3-17-14(16)9-8-11(2)10-12-6-4-5-7-13(12)15;3*1-3-4-2;/h2,8-9,12H,3-7,10H2,1H3;3*1,3-4H2,2H3;/b9-8+,11-2?;;;;. The molecule has 1 unspecified atom stereocenters. The Morgan fingerprint density at radius 3 is 2.07 bits per heavy atom. The molecule has 0 N–H and O–H groups in total. The number of unbranched alkanes of at least 4 members (excludes halogenated alkanes) is 3. The molecule has 0 aromatic carbocycles. The van der Waals surface area contributed by atoms with E-state index in [-0.39, 0.29) is 11.9 Å². The second kappa shape index (κ2) is 16.1. The fraction of sp³-hybridized carbons (Fsp3) is 0.769. The molecule has 0 aliphatic heterocycles. The van der Waals surface area contributed by atoms with Crippen molar-refractivity contribution in [3.8, 4) is 0 Å². The van der Waals surface area contributed by atoms with Gasteiger partial charge in [-0.05, 0) is 0 Å². The summed E-state index contributed by atoms with van der Waals surface area (Å²) in [6, 6.07) is 0. The van der Waals surface area contributed by atoms with Crippen LogP contribution in [0.2, 0.25) is 13.3 Å². The number of ketones is 1. The molecule has 1 aliphatic rings. The number of allylic oxidation sites excluding steroid dienone is 2. The molecule has 172 valence electrons. The molecule has 3 nitrogen and oxygen atoms in total. The fourth-order valence-electron chi connectivity index (χ4n) is 4.67. The van der Waals surface area contributed by atoms with E-state index >= 15 is 0 Å². The number of Topliss-reactive ketones (excluding diaryl/α,β-unsaturated/α-hetero) is 1. The predicted molar refractivity (Wildman–Crippen MR) is 130 cm³/mol. The van der Waals surface area contributed by atoms with E-state index in [9.17, 15) is 9.59 Å². The van der Waals surface area contributed by atoms with Crippen molar-refractivity contribution in [1.82, 2.24) is 0 Å². The van der Waals surface area contributed by atoms with Crippen LogP contribution in [0.4, 0.5) is 0 Å². The van der Waals surface area contributed by atoms with Gasteiger partial charge in [-0.2, -0.15) is 0 Å². The molecule has 4 heteroatoms. The summed E-state index contributed by atoms with van der Waals surface area (Å²) in [6.07, 6.45) is 16.0. The quantitative estimate of drug-likeness (QED) is 0.0959. The van der Waals surface area contributed by atoms with E-state index in [1.807, 2.05) is 13.0 Å². The predicted octanol–water partition coefficient (Wildman–Crippen LogP) is 7.57. The summed E-state index contributed by atoms with van der Waals surface area (Å²) in [6.45, 7) is 9.12. The van der Waals surface area contributed by atoms with Crippen molar-refractivity contribution in [3.63, 3.8) is 0 Å². The van der Waals surface area contributed by atoms with E-state index in [0.29, 0.717) is 12.4 Å². The molecule has 0 saturated heterocycles. The average molecular weight is 525 g/mol. The van der Waals surface area contributed by atoms with Gasteiger partial charge in [-0.3, -0.25) is 0 Å². The third-order valence-electron chi connectivity index (χ3n) is 6.46. The van der Waals surface area contributed by atoms with Crippen LogP contribution in [0.25, 0.3) is 0 Å². The van der Waals surface area contributed by atoms with Crippen molar-refractivity contribution in [2.24, 2.45) is 5.92 Å². The van der Waals surface area contributed by atoms with Crippen LogP contribution in [0, 0.1) is 5.92 Å². The molecule has 1 aliphatic carbocycles. The summed E-state index contributed by atoms with van der Waals surface area (Å²) < 4.78 is 12.0. The molecule has 0 aromatic heterocycles. The van der Waals surface area contributed by atoms with Gasteiger partial charge in [0.15, 0.2) is 0 Å². The van der Waals surface area contributed by atoms with Crippen LogP contribution in [0.1, 0.15) is 98.3 Å². The van der Waals surface area contributed by atoms with Crippen molar-refractivity contribution in [2.75, 3.05) is 6.61 Å². The van der Waals surface area contributed by atoms with Gasteiger partial charge in [0.2, 0.25) is 0 Å². The number of esters is 1. The molecule has 0 bridgehead atoms. The first-order chi connectivity index (χ1) is 14.5. The number of hydrogen-bond acceptors (Lipinski definition) is 3. The van der Waals surface area contributed by atoms with Gasteiger partial charge in [-0.1, -0.05) is 0 Å². The van der Waals surface area contributed by atoms with Gasteiger partial charge in [-0.25, -0.2) is 0 Å². The van der Waals surface area contributed by atoms with E-state index in [1.54, 1.807) is 6.08 Å². The van der Waals surface area contributed by atoms with Crippen molar-refractivity contribution in [3.05, 3.63) is 21.8 Å². The Kier molecular flexibility index (Phi) is 14.7. The maximum absolute atomic E-state index is 12.5. The number of carbonyl (C=O) groups excluding carboxylic acids is 2. The SMILES string of the molecule is CCC[CH2][Sn](/[CH]=C(/C=C/C(=O)OCC)CC1CCCCC1=O)([CH2]CCC)[CH2]CCC. The van der Waals surface area contributed by atoms with Gasteiger partial charge in [0.1, 0.15) is 0 Å². The molecular formula is C26H46O3Sn.